The number of aryl methyl sites for hydroxylation is 1. The highest BCUT2D eigenvalue weighted by Gasteiger charge is 2.30. The predicted octanol–water partition coefficient (Wildman–Crippen LogP) is 7.70. The maximum absolute atomic E-state index is 13.4. The highest BCUT2D eigenvalue weighted by Crippen LogP contribution is 2.35. The fourth-order valence-electron chi connectivity index (χ4n) is 5.54. The van der Waals surface area contributed by atoms with Gasteiger partial charge in [-0.05, 0) is 80.0 Å². The quantitative estimate of drug-likeness (QED) is 0.266. The minimum absolute atomic E-state index is 0.0719. The van der Waals surface area contributed by atoms with Gasteiger partial charge in [0.1, 0.15) is 18.4 Å². The summed E-state index contributed by atoms with van der Waals surface area (Å²) in [6.07, 6.45) is -0.620. The van der Waals surface area contributed by atoms with E-state index in [9.17, 15) is 27.9 Å². The van der Waals surface area contributed by atoms with Crippen molar-refractivity contribution >= 4 is 22.6 Å². The van der Waals surface area contributed by atoms with Gasteiger partial charge in [0, 0.05) is 5.39 Å². The Morgan fingerprint density at radius 3 is 2.48 bits per heavy atom. The molecular weight excluding hydrogens is 519 g/mol. The Morgan fingerprint density at radius 1 is 1.10 bits per heavy atom. The first-order valence-corrected chi connectivity index (χ1v) is 13.4. The number of nitrogens with one attached hydrogen (secondary N) is 1. The molecular formula is C32H34F3NO4. The van der Waals surface area contributed by atoms with Gasteiger partial charge < -0.3 is 15.2 Å². The maximum Gasteiger partial charge on any atom is 0.416 e. The van der Waals surface area contributed by atoms with Crippen molar-refractivity contribution in [2.45, 2.75) is 64.8 Å². The molecule has 5 nitrogen and oxygen atoms in total. The molecule has 0 aliphatic heterocycles. The fraction of sp³-hybridized carbons (Fsp3) is 0.375. The number of aliphatic carboxylic acids is 1. The van der Waals surface area contributed by atoms with E-state index in [1.807, 2.05) is 25.1 Å². The molecule has 4 rings (SSSR count). The zero-order valence-corrected chi connectivity index (χ0v) is 22.7. The lowest BCUT2D eigenvalue weighted by molar-refractivity contribution is -0.139. The number of carbonyl (C=O) groups is 2. The Balaban J connectivity index is 1.55. The zero-order valence-electron chi connectivity index (χ0n) is 22.7. The van der Waals surface area contributed by atoms with Gasteiger partial charge in [-0.3, -0.25) is 4.79 Å². The van der Waals surface area contributed by atoms with E-state index in [1.54, 1.807) is 12.1 Å². The Morgan fingerprint density at radius 2 is 1.82 bits per heavy atom. The van der Waals surface area contributed by atoms with Gasteiger partial charge in [-0.2, -0.15) is 13.2 Å². The van der Waals surface area contributed by atoms with Crippen LogP contribution in [0.15, 0.2) is 66.7 Å². The van der Waals surface area contributed by atoms with Gasteiger partial charge in [0.05, 0.1) is 11.1 Å². The van der Waals surface area contributed by atoms with E-state index in [0.717, 1.165) is 42.3 Å². The third-order valence-corrected chi connectivity index (χ3v) is 7.45. The van der Waals surface area contributed by atoms with Crippen molar-refractivity contribution in [1.82, 2.24) is 5.32 Å². The highest BCUT2D eigenvalue weighted by molar-refractivity contribution is 6.05. The molecule has 1 fully saturated rings. The average Bonchev–Trinajstić information content (AvgIpc) is 2.88. The number of allylic oxidation sites excluding steroid dienone is 1. The normalized spacial score (nSPS) is 18.4. The largest absolute Gasteiger partial charge is 0.487 e. The minimum Gasteiger partial charge on any atom is -0.487 e. The molecule has 2 unspecified atom stereocenters. The smallest absolute Gasteiger partial charge is 0.416 e. The molecule has 0 aromatic heterocycles. The van der Waals surface area contributed by atoms with Gasteiger partial charge in [0.25, 0.3) is 5.91 Å². The van der Waals surface area contributed by atoms with Crippen LogP contribution >= 0.6 is 0 Å². The van der Waals surface area contributed by atoms with E-state index in [0.29, 0.717) is 35.6 Å². The van der Waals surface area contributed by atoms with Crippen LogP contribution in [0.4, 0.5) is 13.2 Å². The number of amides is 1. The second-order valence-corrected chi connectivity index (χ2v) is 11.0. The SMILES string of the molecule is C=C1CC(C)CC(CC[C@H](NC(=O)c2ccc3cc(C)ccc3c2OCc2ccc(C(F)(F)F)cc2)C(=O)O)C1. The molecule has 3 aromatic carbocycles. The first kappa shape index (κ1) is 29.2. The molecule has 0 radical (unpaired) electrons. The lowest BCUT2D eigenvalue weighted by atomic mass is 9.77. The summed E-state index contributed by atoms with van der Waals surface area (Å²) >= 11 is 0. The van der Waals surface area contributed by atoms with Crippen molar-refractivity contribution in [2.75, 3.05) is 0 Å². The third-order valence-electron chi connectivity index (χ3n) is 7.45. The summed E-state index contributed by atoms with van der Waals surface area (Å²) in [5.41, 5.74) is 2.08. The van der Waals surface area contributed by atoms with E-state index in [1.165, 1.54) is 17.7 Å². The van der Waals surface area contributed by atoms with Gasteiger partial charge in [-0.25, -0.2) is 4.79 Å². The van der Waals surface area contributed by atoms with Crippen molar-refractivity contribution in [3.63, 3.8) is 0 Å². The van der Waals surface area contributed by atoms with E-state index in [4.69, 9.17) is 4.74 Å². The Kier molecular flexibility index (Phi) is 8.86. The zero-order chi connectivity index (χ0) is 29.0. The van der Waals surface area contributed by atoms with E-state index in [2.05, 4.69) is 18.8 Å². The molecule has 1 aliphatic carbocycles. The topological polar surface area (TPSA) is 75.6 Å². The molecule has 0 spiro atoms. The first-order chi connectivity index (χ1) is 18.9. The molecule has 3 atom stereocenters. The minimum atomic E-state index is -4.44. The number of carboxylic acids is 1. The predicted molar refractivity (Wildman–Crippen MR) is 148 cm³/mol. The van der Waals surface area contributed by atoms with Crippen LogP contribution in [0.5, 0.6) is 5.75 Å². The van der Waals surface area contributed by atoms with E-state index >= 15 is 0 Å². The van der Waals surface area contributed by atoms with Crippen LogP contribution in [0, 0.1) is 18.8 Å². The Labute approximate surface area is 232 Å². The van der Waals surface area contributed by atoms with Gasteiger partial charge in [0.2, 0.25) is 0 Å². The third kappa shape index (κ3) is 7.23. The second-order valence-electron chi connectivity index (χ2n) is 11.0. The monoisotopic (exact) mass is 553 g/mol. The molecule has 1 saturated carbocycles. The molecule has 2 N–H and O–H groups in total. The lowest BCUT2D eigenvalue weighted by Crippen LogP contribution is -2.41. The van der Waals surface area contributed by atoms with Crippen LogP contribution < -0.4 is 10.1 Å². The maximum atomic E-state index is 13.4. The summed E-state index contributed by atoms with van der Waals surface area (Å²) in [7, 11) is 0. The molecule has 0 bridgehead atoms. The van der Waals surface area contributed by atoms with Gasteiger partial charge in [-0.1, -0.05) is 61.0 Å². The highest BCUT2D eigenvalue weighted by atomic mass is 19.4. The van der Waals surface area contributed by atoms with Crippen LogP contribution in [0.3, 0.4) is 0 Å². The molecule has 40 heavy (non-hydrogen) atoms. The number of fused-ring (bicyclic) bond motifs is 1. The van der Waals surface area contributed by atoms with Gasteiger partial charge >= 0.3 is 12.1 Å². The Bertz CT molecular complexity index is 1400. The van der Waals surface area contributed by atoms with Crippen molar-refractivity contribution in [3.05, 3.63) is 89.0 Å². The molecule has 212 valence electrons. The molecule has 3 aromatic rings. The summed E-state index contributed by atoms with van der Waals surface area (Å²) in [5.74, 6) is -0.605. The number of ether oxygens (including phenoxy) is 1. The van der Waals surface area contributed by atoms with Crippen molar-refractivity contribution in [2.24, 2.45) is 11.8 Å². The fourth-order valence-corrected chi connectivity index (χ4v) is 5.54. The number of alkyl halides is 3. The van der Waals surface area contributed by atoms with Crippen LogP contribution in [-0.2, 0) is 17.6 Å². The van der Waals surface area contributed by atoms with Crippen molar-refractivity contribution < 1.29 is 32.6 Å². The molecule has 8 heteroatoms. The lowest BCUT2D eigenvalue weighted by Gasteiger charge is -2.29. The van der Waals surface area contributed by atoms with Crippen LogP contribution in [0.2, 0.25) is 0 Å². The van der Waals surface area contributed by atoms with Crippen LogP contribution in [-0.4, -0.2) is 23.0 Å². The van der Waals surface area contributed by atoms with Crippen LogP contribution in [0.1, 0.15) is 66.1 Å². The summed E-state index contributed by atoms with van der Waals surface area (Å²) in [5, 5.41) is 14.0. The van der Waals surface area contributed by atoms with E-state index in [-0.39, 0.29) is 17.9 Å². The van der Waals surface area contributed by atoms with Crippen molar-refractivity contribution in [1.29, 1.82) is 0 Å². The first-order valence-electron chi connectivity index (χ1n) is 13.4. The summed E-state index contributed by atoms with van der Waals surface area (Å²) in [6.45, 7) is 8.14. The number of rotatable bonds is 9. The van der Waals surface area contributed by atoms with Gasteiger partial charge in [-0.15, -0.1) is 0 Å². The standard InChI is InChI=1S/C32H34F3NO4/c1-19-4-11-26-24(17-19)8-12-27(29(26)40-18-22-5-9-25(10-6-22)32(33,34)35)30(37)36-28(31(38)39)13-7-23-15-20(2)14-21(3)16-23/h4-6,8-12,17,21,23,28H,2,7,13-16,18H2,1,3H3,(H,36,37)(H,38,39)/t21?,23?,28-/m0/s1. The summed E-state index contributed by atoms with van der Waals surface area (Å²) < 4.78 is 44.9. The van der Waals surface area contributed by atoms with E-state index < -0.39 is 29.7 Å². The number of hydrogen-bond acceptors (Lipinski definition) is 3. The summed E-state index contributed by atoms with van der Waals surface area (Å²) in [4.78, 5) is 25.5. The number of carboxylic acid groups (broad SMARTS) is 1. The number of halogens is 3. The molecule has 1 aliphatic rings. The molecule has 1 amide bonds. The average molecular weight is 554 g/mol. The van der Waals surface area contributed by atoms with Crippen LogP contribution in [0.25, 0.3) is 10.8 Å². The number of carbonyl (C=O) groups excluding carboxylic acids is 1. The summed E-state index contributed by atoms with van der Waals surface area (Å²) in [6, 6.07) is 12.5. The van der Waals surface area contributed by atoms with Gasteiger partial charge in [0.15, 0.2) is 0 Å². The second kappa shape index (κ2) is 12.1. The number of benzene rings is 3. The van der Waals surface area contributed by atoms with Crippen molar-refractivity contribution in [3.8, 4) is 5.75 Å². The molecule has 0 heterocycles. The number of hydrogen-bond donors (Lipinski definition) is 2. The Hall–Kier alpha value is -3.81. The molecule has 0 saturated heterocycles.